The second-order valence-electron chi connectivity index (χ2n) is 7.10. The lowest BCUT2D eigenvalue weighted by Gasteiger charge is -2.16. The number of methoxy groups -OCH3 is 1. The van der Waals surface area contributed by atoms with E-state index in [0.717, 1.165) is 69.4 Å². The summed E-state index contributed by atoms with van der Waals surface area (Å²) in [6.07, 6.45) is 3.55. The zero-order valence-corrected chi connectivity index (χ0v) is 20.9. The summed E-state index contributed by atoms with van der Waals surface area (Å²) in [5, 5.41) is 6.66. The van der Waals surface area contributed by atoms with E-state index in [4.69, 9.17) is 9.15 Å². The predicted octanol–water partition coefficient (Wildman–Crippen LogP) is 3.33. The molecule has 0 spiro atoms. The maximum absolute atomic E-state index is 5.63. The van der Waals surface area contributed by atoms with E-state index in [1.165, 1.54) is 5.56 Å². The highest BCUT2D eigenvalue weighted by atomic mass is 127. The van der Waals surface area contributed by atoms with Gasteiger partial charge >= 0.3 is 0 Å². The van der Waals surface area contributed by atoms with E-state index in [0.29, 0.717) is 5.89 Å². The number of aryl methyl sites for hydroxylation is 1. The first-order valence-electron chi connectivity index (χ1n) is 10.3. The molecule has 0 aliphatic rings. The van der Waals surface area contributed by atoms with E-state index in [2.05, 4.69) is 58.5 Å². The third-order valence-corrected chi connectivity index (χ3v) is 4.51. The number of likely N-dealkylation sites (N-methyl/N-ethyl adjacent to an activating group) is 1. The highest BCUT2D eigenvalue weighted by Gasteiger charge is 2.07. The molecule has 2 aromatic rings. The van der Waals surface area contributed by atoms with Gasteiger partial charge in [0.1, 0.15) is 6.26 Å². The van der Waals surface area contributed by atoms with Crippen LogP contribution in [0.4, 0.5) is 0 Å². The summed E-state index contributed by atoms with van der Waals surface area (Å²) in [5.74, 6) is 1.50. The van der Waals surface area contributed by atoms with Crippen molar-refractivity contribution >= 4 is 29.9 Å². The molecule has 1 aromatic heterocycles. The van der Waals surface area contributed by atoms with E-state index in [1.807, 2.05) is 12.1 Å². The molecule has 0 saturated heterocycles. The Morgan fingerprint density at radius 3 is 2.67 bits per heavy atom. The van der Waals surface area contributed by atoms with Gasteiger partial charge < -0.3 is 24.7 Å². The summed E-state index contributed by atoms with van der Waals surface area (Å²) in [7, 11) is 3.85. The van der Waals surface area contributed by atoms with Crippen LogP contribution in [0.15, 0.2) is 39.9 Å². The van der Waals surface area contributed by atoms with Crippen molar-refractivity contribution < 1.29 is 9.15 Å². The lowest BCUT2D eigenvalue weighted by molar-refractivity contribution is 0.180. The van der Waals surface area contributed by atoms with Gasteiger partial charge in [0.05, 0.1) is 12.2 Å². The van der Waals surface area contributed by atoms with Gasteiger partial charge in [-0.2, -0.15) is 0 Å². The number of nitrogens with zero attached hydrogens (tertiary/aromatic N) is 3. The number of nitrogens with one attached hydrogen (secondary N) is 2. The van der Waals surface area contributed by atoms with E-state index in [1.54, 1.807) is 13.4 Å². The molecule has 7 nitrogen and oxygen atoms in total. The predicted molar refractivity (Wildman–Crippen MR) is 134 cm³/mol. The zero-order valence-electron chi connectivity index (χ0n) is 18.6. The van der Waals surface area contributed by atoms with Crippen LogP contribution in [-0.2, 0) is 11.2 Å². The first kappa shape index (κ1) is 26.4. The standard InChI is InChI=1S/C22H35N5O2.HI/c1-5-23-22(25-13-15-27(3)14-6-16-28-4)24-12-11-20-17-29-21(26-20)19-9-7-18(2)8-10-19;/h7-10,17H,5-6,11-16H2,1-4H3,(H2,23,24,25);1H. The van der Waals surface area contributed by atoms with Gasteiger partial charge in [-0.1, -0.05) is 17.7 Å². The lowest BCUT2D eigenvalue weighted by atomic mass is 10.1. The largest absolute Gasteiger partial charge is 0.444 e. The van der Waals surface area contributed by atoms with Gasteiger partial charge in [-0.15, -0.1) is 24.0 Å². The number of hydrogen-bond acceptors (Lipinski definition) is 5. The van der Waals surface area contributed by atoms with Crippen LogP contribution in [0.3, 0.4) is 0 Å². The maximum atomic E-state index is 5.63. The number of guanidine groups is 1. The van der Waals surface area contributed by atoms with E-state index < -0.39 is 0 Å². The molecule has 1 aromatic carbocycles. The Bertz CT molecular complexity index is 733. The minimum absolute atomic E-state index is 0. The topological polar surface area (TPSA) is 74.9 Å². The van der Waals surface area contributed by atoms with Crippen LogP contribution >= 0.6 is 24.0 Å². The van der Waals surface area contributed by atoms with Gasteiger partial charge in [-0.25, -0.2) is 4.98 Å². The Morgan fingerprint density at radius 1 is 1.20 bits per heavy atom. The Balaban J connectivity index is 0.00000450. The average molecular weight is 529 g/mol. The van der Waals surface area contributed by atoms with Crippen molar-refractivity contribution in [3.63, 3.8) is 0 Å². The van der Waals surface area contributed by atoms with Crippen molar-refractivity contribution in [3.05, 3.63) is 41.8 Å². The quantitative estimate of drug-likeness (QED) is 0.190. The average Bonchev–Trinajstić information content (AvgIpc) is 3.17. The second kappa shape index (κ2) is 15.2. The highest BCUT2D eigenvalue weighted by molar-refractivity contribution is 14.0. The molecular formula is C22H36IN5O2. The molecule has 2 rings (SSSR count). The van der Waals surface area contributed by atoms with Gasteiger partial charge in [0.15, 0.2) is 5.96 Å². The van der Waals surface area contributed by atoms with Crippen molar-refractivity contribution in [2.24, 2.45) is 4.99 Å². The molecule has 0 atom stereocenters. The van der Waals surface area contributed by atoms with Crippen molar-refractivity contribution in [1.29, 1.82) is 0 Å². The summed E-state index contributed by atoms with van der Waals surface area (Å²) in [6, 6.07) is 8.20. The smallest absolute Gasteiger partial charge is 0.226 e. The van der Waals surface area contributed by atoms with Crippen molar-refractivity contribution in [2.45, 2.75) is 26.7 Å². The Hall–Kier alpha value is -1.65. The Labute approximate surface area is 197 Å². The van der Waals surface area contributed by atoms with Crippen LogP contribution in [0, 0.1) is 6.92 Å². The minimum atomic E-state index is 0. The molecule has 0 saturated carbocycles. The van der Waals surface area contributed by atoms with Gasteiger partial charge in [-0.3, -0.25) is 4.99 Å². The molecule has 168 valence electrons. The number of halogens is 1. The fraction of sp³-hybridized carbons (Fsp3) is 0.545. The highest BCUT2D eigenvalue weighted by Crippen LogP contribution is 2.19. The fourth-order valence-electron chi connectivity index (χ4n) is 2.82. The molecule has 1 heterocycles. The SMILES string of the molecule is CCNC(=NCCN(C)CCCOC)NCCc1coc(-c2ccc(C)cc2)n1.I. The molecular weight excluding hydrogens is 493 g/mol. The van der Waals surface area contributed by atoms with Crippen molar-refractivity contribution in [2.75, 3.05) is 53.5 Å². The van der Waals surface area contributed by atoms with Crippen molar-refractivity contribution in [3.8, 4) is 11.5 Å². The third-order valence-electron chi connectivity index (χ3n) is 4.51. The normalized spacial score (nSPS) is 11.4. The molecule has 0 bridgehead atoms. The molecule has 0 unspecified atom stereocenters. The molecule has 0 amide bonds. The Kier molecular flexibility index (Phi) is 13.4. The summed E-state index contributed by atoms with van der Waals surface area (Å²) in [6.45, 7) is 9.20. The molecule has 8 heteroatoms. The Morgan fingerprint density at radius 2 is 1.97 bits per heavy atom. The number of rotatable bonds is 12. The monoisotopic (exact) mass is 529 g/mol. The molecule has 30 heavy (non-hydrogen) atoms. The van der Waals surface area contributed by atoms with Crippen LogP contribution < -0.4 is 10.6 Å². The van der Waals surface area contributed by atoms with Gasteiger partial charge in [0, 0.05) is 51.9 Å². The van der Waals surface area contributed by atoms with Gasteiger partial charge in [-0.05, 0) is 39.4 Å². The summed E-state index contributed by atoms with van der Waals surface area (Å²) in [5.41, 5.74) is 3.15. The molecule has 0 fully saturated rings. The first-order valence-corrected chi connectivity index (χ1v) is 10.3. The first-order chi connectivity index (χ1) is 14.1. The zero-order chi connectivity index (χ0) is 20.9. The summed E-state index contributed by atoms with van der Waals surface area (Å²) < 4.78 is 10.7. The van der Waals surface area contributed by atoms with Crippen LogP contribution in [0.5, 0.6) is 0 Å². The van der Waals surface area contributed by atoms with E-state index in [-0.39, 0.29) is 24.0 Å². The van der Waals surface area contributed by atoms with Gasteiger partial charge in [0.2, 0.25) is 5.89 Å². The second-order valence-corrected chi connectivity index (χ2v) is 7.10. The maximum Gasteiger partial charge on any atom is 0.226 e. The summed E-state index contributed by atoms with van der Waals surface area (Å²) in [4.78, 5) is 11.5. The number of hydrogen-bond donors (Lipinski definition) is 2. The number of aromatic nitrogens is 1. The lowest BCUT2D eigenvalue weighted by Crippen LogP contribution is -2.39. The molecule has 0 aliphatic heterocycles. The van der Waals surface area contributed by atoms with Crippen LogP contribution in [0.1, 0.15) is 24.6 Å². The fourth-order valence-corrected chi connectivity index (χ4v) is 2.82. The van der Waals surface area contributed by atoms with E-state index >= 15 is 0 Å². The van der Waals surface area contributed by atoms with E-state index in [9.17, 15) is 0 Å². The number of ether oxygens (including phenoxy) is 1. The molecule has 0 aliphatic carbocycles. The third kappa shape index (κ3) is 9.90. The van der Waals surface area contributed by atoms with Crippen LogP contribution in [-0.4, -0.2) is 69.3 Å². The van der Waals surface area contributed by atoms with Crippen LogP contribution in [0.2, 0.25) is 0 Å². The van der Waals surface area contributed by atoms with Crippen LogP contribution in [0.25, 0.3) is 11.5 Å². The molecule has 0 radical (unpaired) electrons. The van der Waals surface area contributed by atoms with Crippen molar-refractivity contribution in [1.82, 2.24) is 20.5 Å². The minimum Gasteiger partial charge on any atom is -0.444 e. The molecule has 2 N–H and O–H groups in total. The number of oxazole rings is 1. The summed E-state index contributed by atoms with van der Waals surface area (Å²) >= 11 is 0. The van der Waals surface area contributed by atoms with Gasteiger partial charge in [0.25, 0.3) is 0 Å². The number of benzene rings is 1. The number of aliphatic imine (C=N–C) groups is 1.